The van der Waals surface area contributed by atoms with Crippen LogP contribution in [-0.4, -0.2) is 30.3 Å². The van der Waals surface area contributed by atoms with E-state index in [0.717, 1.165) is 44.8 Å². The molecule has 1 amide bonds. The van der Waals surface area contributed by atoms with Crippen LogP contribution in [0, 0.1) is 5.92 Å². The zero-order chi connectivity index (χ0) is 17.0. The summed E-state index contributed by atoms with van der Waals surface area (Å²) in [5.41, 5.74) is -0.560. The number of alkyl carbamates (subject to hydrolysis) is 1. The van der Waals surface area contributed by atoms with E-state index in [9.17, 15) is 14.4 Å². The molecular weight excluding hydrogens is 282 g/mol. The molecule has 0 aliphatic heterocycles. The molecule has 5 nitrogen and oxygen atoms in total. The van der Waals surface area contributed by atoms with Crippen molar-refractivity contribution in [3.8, 4) is 0 Å². The Balaban J connectivity index is 3.73. The number of ether oxygens (including phenoxy) is 1. The Kier molecular flexibility index (Phi) is 10.5. The van der Waals surface area contributed by atoms with E-state index in [4.69, 9.17) is 4.74 Å². The highest BCUT2D eigenvalue weighted by molar-refractivity contribution is 5.83. The predicted octanol–water partition coefficient (Wildman–Crippen LogP) is 3.65. The molecule has 0 aromatic carbocycles. The van der Waals surface area contributed by atoms with Crippen LogP contribution in [0.1, 0.15) is 72.6 Å². The summed E-state index contributed by atoms with van der Waals surface area (Å²) in [7, 11) is 0. The lowest BCUT2D eigenvalue weighted by atomic mass is 9.96. The largest absolute Gasteiger partial charge is 0.444 e. The van der Waals surface area contributed by atoms with Gasteiger partial charge < -0.3 is 14.8 Å². The molecule has 0 saturated carbocycles. The Hall–Kier alpha value is -1.39. The van der Waals surface area contributed by atoms with Crippen molar-refractivity contribution in [2.75, 3.05) is 6.54 Å². The summed E-state index contributed by atoms with van der Waals surface area (Å²) in [6.45, 7) is 7.43. The van der Waals surface area contributed by atoms with Gasteiger partial charge in [-0.25, -0.2) is 4.79 Å². The highest BCUT2D eigenvalue weighted by Gasteiger charge is 2.16. The first-order valence-electron chi connectivity index (χ1n) is 8.22. The molecule has 0 rings (SSSR count). The summed E-state index contributed by atoms with van der Waals surface area (Å²) >= 11 is 0. The number of carbonyl (C=O) groups is 3. The first-order valence-corrected chi connectivity index (χ1v) is 8.22. The summed E-state index contributed by atoms with van der Waals surface area (Å²) in [6, 6.07) is 0. The second-order valence-electron chi connectivity index (χ2n) is 6.68. The fourth-order valence-corrected chi connectivity index (χ4v) is 2.05. The zero-order valence-electron chi connectivity index (χ0n) is 14.4. The summed E-state index contributed by atoms with van der Waals surface area (Å²) in [5, 5.41) is 2.46. The number of ketones is 1. The fourth-order valence-electron chi connectivity index (χ4n) is 2.05. The Morgan fingerprint density at radius 1 is 1.14 bits per heavy atom. The Bertz CT molecular complexity index is 347. The maximum absolute atomic E-state index is 11.7. The summed E-state index contributed by atoms with van der Waals surface area (Å²) in [6.07, 6.45) is 6.46. The van der Waals surface area contributed by atoms with Crippen LogP contribution in [0.2, 0.25) is 0 Å². The average molecular weight is 313 g/mol. The Labute approximate surface area is 134 Å². The summed E-state index contributed by atoms with van der Waals surface area (Å²) < 4.78 is 5.06. The van der Waals surface area contributed by atoms with Crippen LogP contribution >= 0.6 is 0 Å². The second-order valence-corrected chi connectivity index (χ2v) is 6.68. The number of unbranched alkanes of at least 4 members (excludes halogenated alkanes) is 2. The molecule has 0 heterocycles. The molecule has 0 bridgehead atoms. The van der Waals surface area contributed by atoms with Crippen LogP contribution in [-0.2, 0) is 14.3 Å². The van der Waals surface area contributed by atoms with E-state index in [1.165, 1.54) is 0 Å². The first kappa shape index (κ1) is 20.6. The minimum atomic E-state index is -0.568. The van der Waals surface area contributed by atoms with Crippen molar-refractivity contribution in [1.29, 1.82) is 0 Å². The quantitative estimate of drug-likeness (QED) is 0.467. The summed E-state index contributed by atoms with van der Waals surface area (Å²) in [5.74, 6) is 0.108. The topological polar surface area (TPSA) is 72.5 Å². The number of nitrogens with one attached hydrogen (secondary N) is 1. The van der Waals surface area contributed by atoms with Crippen LogP contribution in [0.5, 0.6) is 0 Å². The lowest BCUT2D eigenvalue weighted by Gasteiger charge is -2.19. The lowest BCUT2D eigenvalue weighted by molar-refractivity contribution is -0.118. The molecule has 0 spiro atoms. The average Bonchev–Trinajstić information content (AvgIpc) is 2.42. The molecule has 0 aliphatic carbocycles. The van der Waals surface area contributed by atoms with E-state index >= 15 is 0 Å². The van der Waals surface area contributed by atoms with E-state index in [-0.39, 0.29) is 18.2 Å². The molecule has 0 aromatic heterocycles. The van der Waals surface area contributed by atoms with Crippen LogP contribution in [0.3, 0.4) is 0 Å². The third-order valence-corrected chi connectivity index (χ3v) is 3.23. The van der Waals surface area contributed by atoms with Crippen molar-refractivity contribution in [3.05, 3.63) is 0 Å². The molecule has 1 N–H and O–H groups in total. The van der Waals surface area contributed by atoms with Crippen molar-refractivity contribution in [3.63, 3.8) is 0 Å². The normalized spacial score (nSPS) is 12.5. The van der Waals surface area contributed by atoms with Crippen LogP contribution in [0.25, 0.3) is 0 Å². The van der Waals surface area contributed by atoms with Gasteiger partial charge in [0.05, 0.1) is 6.54 Å². The Morgan fingerprint density at radius 2 is 1.77 bits per heavy atom. The predicted molar refractivity (Wildman–Crippen MR) is 86.8 cm³/mol. The molecule has 5 heteroatoms. The smallest absolute Gasteiger partial charge is 0.408 e. The number of rotatable bonds is 11. The van der Waals surface area contributed by atoms with Gasteiger partial charge in [0.15, 0.2) is 5.78 Å². The standard InChI is InChI=1S/C17H31NO4/c1-5-6-9-14(13-19)10-7-8-11-15(20)12-18-16(21)22-17(2,3)4/h13-14H,5-12H2,1-4H3,(H,18,21)/t14-/m1/s1. The van der Waals surface area contributed by atoms with Crippen molar-refractivity contribution in [1.82, 2.24) is 5.32 Å². The molecule has 0 unspecified atom stereocenters. The highest BCUT2D eigenvalue weighted by Crippen LogP contribution is 2.14. The molecule has 0 aromatic rings. The van der Waals surface area contributed by atoms with Gasteiger partial charge >= 0.3 is 6.09 Å². The fraction of sp³-hybridized carbons (Fsp3) is 0.824. The number of carbonyl (C=O) groups excluding carboxylic acids is 3. The monoisotopic (exact) mass is 313 g/mol. The van der Waals surface area contributed by atoms with Gasteiger partial charge in [0.1, 0.15) is 11.9 Å². The second kappa shape index (κ2) is 11.2. The molecular formula is C17H31NO4. The van der Waals surface area contributed by atoms with E-state index in [2.05, 4.69) is 12.2 Å². The lowest BCUT2D eigenvalue weighted by Crippen LogP contribution is -2.35. The molecule has 22 heavy (non-hydrogen) atoms. The van der Waals surface area contributed by atoms with Crippen LogP contribution < -0.4 is 5.32 Å². The first-order chi connectivity index (χ1) is 10.3. The van der Waals surface area contributed by atoms with E-state index in [0.29, 0.717) is 6.42 Å². The van der Waals surface area contributed by atoms with Crippen molar-refractivity contribution < 1.29 is 19.1 Å². The van der Waals surface area contributed by atoms with Gasteiger partial charge in [0.2, 0.25) is 0 Å². The number of hydrogen-bond acceptors (Lipinski definition) is 4. The molecule has 0 aliphatic rings. The number of Topliss-reactive ketones (excluding diaryl/α,β-unsaturated/α-hetero) is 1. The molecule has 0 fully saturated rings. The number of amides is 1. The van der Waals surface area contributed by atoms with Crippen molar-refractivity contribution in [2.45, 2.75) is 78.2 Å². The Morgan fingerprint density at radius 3 is 2.32 bits per heavy atom. The van der Waals surface area contributed by atoms with Gasteiger partial charge in [0, 0.05) is 12.3 Å². The molecule has 0 saturated heterocycles. The van der Waals surface area contributed by atoms with Gasteiger partial charge in [-0.2, -0.15) is 0 Å². The van der Waals surface area contributed by atoms with E-state index in [1.807, 2.05) is 0 Å². The maximum Gasteiger partial charge on any atom is 0.408 e. The van der Waals surface area contributed by atoms with Crippen LogP contribution in [0.15, 0.2) is 0 Å². The zero-order valence-corrected chi connectivity index (χ0v) is 14.4. The third kappa shape index (κ3) is 12.4. The van der Waals surface area contributed by atoms with E-state index in [1.54, 1.807) is 20.8 Å². The highest BCUT2D eigenvalue weighted by atomic mass is 16.6. The number of hydrogen-bond donors (Lipinski definition) is 1. The maximum atomic E-state index is 11.7. The minimum Gasteiger partial charge on any atom is -0.444 e. The van der Waals surface area contributed by atoms with Gasteiger partial charge in [-0.3, -0.25) is 4.79 Å². The minimum absolute atomic E-state index is 0.00184. The van der Waals surface area contributed by atoms with Gasteiger partial charge in [0.25, 0.3) is 0 Å². The van der Waals surface area contributed by atoms with Crippen molar-refractivity contribution >= 4 is 18.2 Å². The third-order valence-electron chi connectivity index (χ3n) is 3.23. The molecule has 1 atom stereocenters. The summed E-state index contributed by atoms with van der Waals surface area (Å²) in [4.78, 5) is 34.0. The van der Waals surface area contributed by atoms with Gasteiger partial charge in [-0.05, 0) is 40.0 Å². The van der Waals surface area contributed by atoms with E-state index < -0.39 is 11.7 Å². The van der Waals surface area contributed by atoms with Gasteiger partial charge in [-0.15, -0.1) is 0 Å². The molecule has 0 radical (unpaired) electrons. The van der Waals surface area contributed by atoms with Gasteiger partial charge in [-0.1, -0.05) is 26.2 Å². The van der Waals surface area contributed by atoms with Crippen molar-refractivity contribution in [2.24, 2.45) is 5.92 Å². The number of aldehydes is 1. The SMILES string of the molecule is CCCC[C@@H](C=O)CCCCC(=O)CNC(=O)OC(C)(C)C. The molecule has 128 valence electrons. The van der Waals surface area contributed by atoms with Crippen LogP contribution in [0.4, 0.5) is 4.79 Å².